The van der Waals surface area contributed by atoms with Crippen LogP contribution in [0.25, 0.3) is 11.0 Å². The summed E-state index contributed by atoms with van der Waals surface area (Å²) >= 11 is 4.18. The summed E-state index contributed by atoms with van der Waals surface area (Å²) in [6.45, 7) is 0. The number of thiol groups is 1. The summed E-state index contributed by atoms with van der Waals surface area (Å²) in [7, 11) is 0. The molecule has 0 aliphatic rings. The molecule has 1 aromatic carbocycles. The fourth-order valence-corrected chi connectivity index (χ4v) is 1.27. The summed E-state index contributed by atoms with van der Waals surface area (Å²) in [4.78, 5) is 7.17. The van der Waals surface area contributed by atoms with Crippen LogP contribution in [-0.4, -0.2) is 9.97 Å². The van der Waals surface area contributed by atoms with Crippen LogP contribution in [0.15, 0.2) is 24.5 Å². The third kappa shape index (κ3) is 1.70. The molecule has 0 saturated carbocycles. The van der Waals surface area contributed by atoms with Crippen LogP contribution in [-0.2, 0) is 25.2 Å². The van der Waals surface area contributed by atoms with E-state index in [1.165, 1.54) is 5.56 Å². The van der Waals surface area contributed by atoms with Crippen LogP contribution < -0.4 is 0 Å². The number of benzene rings is 1. The van der Waals surface area contributed by atoms with Crippen molar-refractivity contribution >= 4 is 23.7 Å². The zero-order valence-corrected chi connectivity index (χ0v) is 10.5. The number of hydrogen-bond donors (Lipinski definition) is 2. The summed E-state index contributed by atoms with van der Waals surface area (Å²) in [5.74, 6) is 0.767. The monoisotopic (exact) mass is 228 g/mol. The molecule has 0 atom stereocenters. The number of rotatable bonds is 1. The van der Waals surface area contributed by atoms with Crippen LogP contribution in [0.5, 0.6) is 0 Å². The fraction of sp³-hybridized carbons (Fsp3) is 0.125. The molecule has 0 saturated heterocycles. The Balaban J connectivity index is 0.000000720. The fourth-order valence-electron chi connectivity index (χ4n) is 1.08. The Labute approximate surface area is 88.9 Å². The second-order valence-electron chi connectivity index (χ2n) is 2.41. The predicted octanol–water partition coefficient (Wildman–Crippen LogP) is 1.99. The van der Waals surface area contributed by atoms with Crippen molar-refractivity contribution in [2.75, 3.05) is 0 Å². The molecule has 0 spiro atoms. The average Bonchev–Trinajstić information content (AvgIpc) is 2.50. The number of H-pyrrole nitrogens is 1. The van der Waals surface area contributed by atoms with E-state index < -0.39 is 0 Å². The molecule has 0 amide bonds. The molecule has 4 heteroatoms. The van der Waals surface area contributed by atoms with Crippen molar-refractivity contribution in [1.82, 2.24) is 9.97 Å². The maximum atomic E-state index is 4.18. The van der Waals surface area contributed by atoms with Crippen LogP contribution in [0.3, 0.4) is 0 Å². The number of nitrogens with one attached hydrogen (secondary N) is 1. The van der Waals surface area contributed by atoms with Gasteiger partial charge in [0.15, 0.2) is 0 Å². The van der Waals surface area contributed by atoms with Gasteiger partial charge in [-0.1, -0.05) is 6.07 Å². The Bertz CT molecular complexity index is 372. The largest absolute Gasteiger partial charge is 0.345 e. The molecule has 0 fully saturated rings. The van der Waals surface area contributed by atoms with Crippen LogP contribution in [0.4, 0.5) is 0 Å². The summed E-state index contributed by atoms with van der Waals surface area (Å²) < 4.78 is 0. The second-order valence-corrected chi connectivity index (χ2v) is 2.73. The zero-order valence-electron chi connectivity index (χ0n) is 6.62. The van der Waals surface area contributed by atoms with Crippen LogP contribution in [0.2, 0.25) is 0 Å². The van der Waals surface area contributed by atoms with Gasteiger partial charge in [0.25, 0.3) is 0 Å². The average molecular weight is 230 g/mol. The van der Waals surface area contributed by atoms with Gasteiger partial charge < -0.3 is 4.98 Å². The Morgan fingerprint density at radius 1 is 1.42 bits per heavy atom. The van der Waals surface area contributed by atoms with Gasteiger partial charge in [0.05, 0.1) is 17.4 Å². The van der Waals surface area contributed by atoms with Gasteiger partial charge in [0, 0.05) is 25.2 Å². The molecule has 58 valence electrons. The molecule has 2 aromatic rings. The molecule has 0 unspecified atom stereocenters. The van der Waals surface area contributed by atoms with Gasteiger partial charge in [-0.15, -0.1) is 0 Å². The van der Waals surface area contributed by atoms with Crippen molar-refractivity contribution in [2.45, 2.75) is 5.75 Å². The van der Waals surface area contributed by atoms with Crippen LogP contribution in [0, 0.1) is 0 Å². The van der Waals surface area contributed by atoms with E-state index in [2.05, 4.69) is 22.6 Å². The molecular weight excluding hydrogens is 222 g/mol. The third-order valence-electron chi connectivity index (χ3n) is 1.67. The van der Waals surface area contributed by atoms with E-state index in [9.17, 15) is 0 Å². The smallest absolute Gasteiger partial charge is 0.0931 e. The van der Waals surface area contributed by atoms with E-state index in [4.69, 9.17) is 0 Å². The molecule has 0 radical (unpaired) electrons. The Morgan fingerprint density at radius 2 is 2.25 bits per heavy atom. The molecule has 0 aliphatic heterocycles. The molecule has 0 bridgehead atoms. The number of imidazole rings is 1. The molecule has 1 aromatic heterocycles. The first-order valence-electron chi connectivity index (χ1n) is 3.43. The molecule has 12 heavy (non-hydrogen) atoms. The van der Waals surface area contributed by atoms with Gasteiger partial charge >= 0.3 is 0 Å². The first-order chi connectivity index (χ1) is 5.40. The predicted molar refractivity (Wildman–Crippen MR) is 48.8 cm³/mol. The molecule has 0 aliphatic carbocycles. The molecule has 2 nitrogen and oxygen atoms in total. The standard InChI is InChI=1S/C8H8N2S.Zn/c11-4-6-1-2-7-8(3-6)10-5-9-7;/h1-3,5,11H,4H2,(H,9,10);. The van der Waals surface area contributed by atoms with Gasteiger partial charge in [-0.05, 0) is 17.7 Å². The first kappa shape index (κ1) is 9.75. The summed E-state index contributed by atoms with van der Waals surface area (Å²) in [6, 6.07) is 6.11. The van der Waals surface area contributed by atoms with Gasteiger partial charge in [-0.2, -0.15) is 12.6 Å². The molecule has 1 heterocycles. The number of aromatic amines is 1. The van der Waals surface area contributed by atoms with Gasteiger partial charge in [-0.25, -0.2) is 4.98 Å². The summed E-state index contributed by atoms with van der Waals surface area (Å²) in [6.07, 6.45) is 1.70. The molecule has 2 rings (SSSR count). The minimum absolute atomic E-state index is 0. The van der Waals surface area contributed by atoms with Crippen molar-refractivity contribution in [3.8, 4) is 0 Å². The first-order valence-corrected chi connectivity index (χ1v) is 4.06. The van der Waals surface area contributed by atoms with E-state index >= 15 is 0 Å². The van der Waals surface area contributed by atoms with Crippen LogP contribution >= 0.6 is 12.6 Å². The summed E-state index contributed by atoms with van der Waals surface area (Å²) in [5.41, 5.74) is 3.29. The number of fused-ring (bicyclic) bond motifs is 1. The van der Waals surface area contributed by atoms with Gasteiger partial charge in [-0.3, -0.25) is 0 Å². The minimum atomic E-state index is 0. The van der Waals surface area contributed by atoms with Crippen LogP contribution in [0.1, 0.15) is 5.56 Å². The number of nitrogens with zero attached hydrogens (tertiary/aromatic N) is 1. The van der Waals surface area contributed by atoms with E-state index in [0.717, 1.165) is 16.8 Å². The van der Waals surface area contributed by atoms with E-state index in [-0.39, 0.29) is 19.5 Å². The van der Waals surface area contributed by atoms with Crippen molar-refractivity contribution in [2.24, 2.45) is 0 Å². The van der Waals surface area contributed by atoms with Crippen molar-refractivity contribution < 1.29 is 19.5 Å². The van der Waals surface area contributed by atoms with Gasteiger partial charge in [0.1, 0.15) is 0 Å². The Hall–Kier alpha value is -0.337. The maximum Gasteiger partial charge on any atom is 0.0931 e. The normalized spacial score (nSPS) is 9.75. The summed E-state index contributed by atoms with van der Waals surface area (Å²) in [5, 5.41) is 0. The van der Waals surface area contributed by atoms with E-state index in [0.29, 0.717) is 0 Å². The van der Waals surface area contributed by atoms with Crippen molar-refractivity contribution in [3.63, 3.8) is 0 Å². The second kappa shape index (κ2) is 4.06. The third-order valence-corrected chi connectivity index (χ3v) is 2.03. The Kier molecular flexibility index (Phi) is 3.30. The van der Waals surface area contributed by atoms with Gasteiger partial charge in [0.2, 0.25) is 0 Å². The Morgan fingerprint density at radius 3 is 3.00 bits per heavy atom. The van der Waals surface area contributed by atoms with E-state index in [1.807, 2.05) is 18.2 Å². The van der Waals surface area contributed by atoms with E-state index in [1.54, 1.807) is 6.33 Å². The molecule has 1 N–H and O–H groups in total. The number of aromatic nitrogens is 2. The molecular formula is C8H8N2SZn. The maximum absolute atomic E-state index is 4.18. The van der Waals surface area contributed by atoms with Crippen molar-refractivity contribution in [1.29, 1.82) is 0 Å². The minimum Gasteiger partial charge on any atom is -0.345 e. The SMILES string of the molecule is SCc1ccc2[nH]cnc2c1.[Zn]. The number of hydrogen-bond acceptors (Lipinski definition) is 2. The zero-order chi connectivity index (χ0) is 7.68. The topological polar surface area (TPSA) is 28.7 Å². The van der Waals surface area contributed by atoms with Crippen molar-refractivity contribution in [3.05, 3.63) is 30.1 Å². The quantitative estimate of drug-likeness (QED) is 0.568.